The molecule has 2 aliphatic heterocycles. The maximum Gasteiger partial charge on any atom is 0.347 e. The Morgan fingerprint density at radius 1 is 1.20 bits per heavy atom. The number of carbonyl (C=O) groups excluding carboxylic acids is 1. The van der Waals surface area contributed by atoms with E-state index in [1.807, 2.05) is 49.1 Å². The average molecular weight is 412 g/mol. The van der Waals surface area contributed by atoms with Crippen LogP contribution in [-0.2, 0) is 22.6 Å². The number of aryl methyl sites for hydroxylation is 2. The van der Waals surface area contributed by atoms with Crippen LogP contribution < -0.4 is 10.4 Å². The summed E-state index contributed by atoms with van der Waals surface area (Å²) < 4.78 is 13.6. The van der Waals surface area contributed by atoms with Crippen LogP contribution in [0.1, 0.15) is 42.6 Å². The fourth-order valence-corrected chi connectivity index (χ4v) is 4.38. The molecule has 0 saturated carbocycles. The first kappa shape index (κ1) is 20.6. The second-order valence-electron chi connectivity index (χ2n) is 8.33. The largest absolute Gasteiger partial charge is 0.485 e. The molecule has 1 saturated heterocycles. The Morgan fingerprint density at radius 3 is 2.73 bits per heavy atom. The number of amides is 1. The van der Waals surface area contributed by atoms with Gasteiger partial charge in [0.1, 0.15) is 11.4 Å². The highest BCUT2D eigenvalue weighted by Crippen LogP contribution is 2.35. The van der Waals surface area contributed by atoms with E-state index in [4.69, 9.17) is 9.47 Å². The number of hydrogen-bond acceptors (Lipinski definition) is 5. The number of rotatable bonds is 4. The van der Waals surface area contributed by atoms with E-state index >= 15 is 0 Å². The Kier molecular flexibility index (Phi) is 5.90. The van der Waals surface area contributed by atoms with E-state index in [-0.39, 0.29) is 11.6 Å². The standard InChI is InChI=1S/C23H29N3O4/c1-17-14-18(2)26(22(28)24-17)11-5-8-21(27)25-15-19-6-3-4-7-20(19)30-23(16-25)9-12-29-13-10-23/h3-4,6-7,14H,5,8-13,15-16H2,1-2H3. The van der Waals surface area contributed by atoms with Crippen molar-refractivity contribution in [3.8, 4) is 5.75 Å². The Balaban J connectivity index is 1.47. The van der Waals surface area contributed by atoms with E-state index in [2.05, 4.69) is 4.98 Å². The van der Waals surface area contributed by atoms with Gasteiger partial charge in [-0.2, -0.15) is 4.98 Å². The molecule has 2 aliphatic rings. The topological polar surface area (TPSA) is 73.7 Å². The van der Waals surface area contributed by atoms with Gasteiger partial charge < -0.3 is 14.4 Å². The Morgan fingerprint density at radius 2 is 1.97 bits per heavy atom. The first-order valence-corrected chi connectivity index (χ1v) is 10.6. The lowest BCUT2D eigenvalue weighted by atomic mass is 9.93. The van der Waals surface area contributed by atoms with Crippen molar-refractivity contribution < 1.29 is 14.3 Å². The van der Waals surface area contributed by atoms with Crippen molar-refractivity contribution in [1.29, 1.82) is 0 Å². The van der Waals surface area contributed by atoms with E-state index in [1.165, 1.54) is 0 Å². The number of hydrogen-bond donors (Lipinski definition) is 0. The predicted octanol–water partition coefficient (Wildman–Crippen LogP) is 2.61. The summed E-state index contributed by atoms with van der Waals surface area (Å²) in [6.45, 7) is 6.60. The highest BCUT2D eigenvalue weighted by Gasteiger charge is 2.40. The second kappa shape index (κ2) is 8.60. The van der Waals surface area contributed by atoms with Gasteiger partial charge in [-0.15, -0.1) is 0 Å². The third-order valence-electron chi connectivity index (χ3n) is 6.01. The molecule has 0 unspecified atom stereocenters. The lowest BCUT2D eigenvalue weighted by Gasteiger charge is -2.39. The van der Waals surface area contributed by atoms with Gasteiger partial charge in [-0.25, -0.2) is 4.79 Å². The van der Waals surface area contributed by atoms with Gasteiger partial charge in [0, 0.05) is 49.3 Å². The molecule has 0 aliphatic carbocycles. The molecule has 0 radical (unpaired) electrons. The molecule has 2 aromatic rings. The number of benzene rings is 1. The monoisotopic (exact) mass is 411 g/mol. The zero-order chi connectivity index (χ0) is 21.1. The number of aromatic nitrogens is 2. The van der Waals surface area contributed by atoms with Crippen molar-refractivity contribution in [2.75, 3.05) is 19.8 Å². The van der Waals surface area contributed by atoms with Gasteiger partial charge in [0.2, 0.25) is 5.91 Å². The van der Waals surface area contributed by atoms with Crippen molar-refractivity contribution in [2.45, 2.75) is 58.2 Å². The quantitative estimate of drug-likeness (QED) is 0.773. The average Bonchev–Trinajstić information content (AvgIpc) is 2.86. The normalized spacial score (nSPS) is 17.9. The minimum Gasteiger partial charge on any atom is -0.485 e. The summed E-state index contributed by atoms with van der Waals surface area (Å²) in [5.74, 6) is 0.953. The van der Waals surface area contributed by atoms with E-state index in [1.54, 1.807) is 4.57 Å². The Bertz CT molecular complexity index is 979. The number of fused-ring (bicyclic) bond motifs is 1. The van der Waals surface area contributed by atoms with Crippen molar-refractivity contribution in [1.82, 2.24) is 14.5 Å². The lowest BCUT2D eigenvalue weighted by Crippen LogP contribution is -2.50. The van der Waals surface area contributed by atoms with Crippen LogP contribution >= 0.6 is 0 Å². The van der Waals surface area contributed by atoms with Crippen LogP contribution in [0.4, 0.5) is 0 Å². The molecule has 160 valence electrons. The highest BCUT2D eigenvalue weighted by atomic mass is 16.5. The maximum atomic E-state index is 13.1. The maximum absolute atomic E-state index is 13.1. The van der Waals surface area contributed by atoms with Crippen molar-refractivity contribution in [2.24, 2.45) is 0 Å². The molecule has 1 fully saturated rings. The molecule has 30 heavy (non-hydrogen) atoms. The van der Waals surface area contributed by atoms with Crippen molar-refractivity contribution >= 4 is 5.91 Å². The summed E-state index contributed by atoms with van der Waals surface area (Å²) in [7, 11) is 0. The molecule has 0 bridgehead atoms. The number of ether oxygens (including phenoxy) is 2. The number of para-hydroxylation sites is 1. The summed E-state index contributed by atoms with van der Waals surface area (Å²) >= 11 is 0. The Hall–Kier alpha value is -2.67. The fourth-order valence-electron chi connectivity index (χ4n) is 4.38. The third-order valence-corrected chi connectivity index (χ3v) is 6.01. The molecule has 7 nitrogen and oxygen atoms in total. The minimum absolute atomic E-state index is 0.0898. The van der Waals surface area contributed by atoms with Gasteiger partial charge >= 0.3 is 5.69 Å². The predicted molar refractivity (Wildman–Crippen MR) is 112 cm³/mol. The zero-order valence-electron chi connectivity index (χ0n) is 17.7. The molecule has 4 rings (SSSR count). The first-order valence-electron chi connectivity index (χ1n) is 10.6. The van der Waals surface area contributed by atoms with Gasteiger partial charge in [0.15, 0.2) is 0 Å². The summed E-state index contributed by atoms with van der Waals surface area (Å²) in [6, 6.07) is 9.85. The minimum atomic E-state index is -0.394. The SMILES string of the molecule is Cc1cc(C)n(CCCC(=O)N2Cc3ccccc3OC3(CCOCC3)C2)c(=O)n1. The molecule has 1 aromatic carbocycles. The van der Waals surface area contributed by atoms with Gasteiger partial charge in [-0.05, 0) is 32.4 Å². The van der Waals surface area contributed by atoms with Gasteiger partial charge in [0.05, 0.1) is 19.8 Å². The number of carbonyl (C=O) groups is 1. The number of nitrogens with zero attached hydrogens (tertiary/aromatic N) is 3. The molecule has 0 N–H and O–H groups in total. The molecule has 1 aromatic heterocycles. The van der Waals surface area contributed by atoms with Crippen molar-refractivity contribution in [3.63, 3.8) is 0 Å². The van der Waals surface area contributed by atoms with Crippen LogP contribution in [0.15, 0.2) is 35.1 Å². The van der Waals surface area contributed by atoms with Crippen LogP contribution in [0.2, 0.25) is 0 Å². The molecule has 1 spiro atoms. The molecule has 7 heteroatoms. The zero-order valence-corrected chi connectivity index (χ0v) is 17.7. The second-order valence-corrected chi connectivity index (χ2v) is 8.33. The van der Waals surface area contributed by atoms with Crippen LogP contribution in [0.3, 0.4) is 0 Å². The summed E-state index contributed by atoms with van der Waals surface area (Å²) in [6.07, 6.45) is 2.53. The molecule has 0 atom stereocenters. The first-order chi connectivity index (χ1) is 14.5. The summed E-state index contributed by atoms with van der Waals surface area (Å²) in [5, 5.41) is 0. The van der Waals surface area contributed by atoms with Gasteiger partial charge in [-0.3, -0.25) is 9.36 Å². The van der Waals surface area contributed by atoms with Gasteiger partial charge in [0.25, 0.3) is 0 Å². The Labute approximate surface area is 176 Å². The van der Waals surface area contributed by atoms with E-state index < -0.39 is 5.60 Å². The highest BCUT2D eigenvalue weighted by molar-refractivity contribution is 5.76. The fraction of sp³-hybridized carbons (Fsp3) is 0.522. The van der Waals surface area contributed by atoms with Crippen LogP contribution in [0.5, 0.6) is 5.75 Å². The van der Waals surface area contributed by atoms with Crippen LogP contribution in [0.25, 0.3) is 0 Å². The van der Waals surface area contributed by atoms with Crippen molar-refractivity contribution in [3.05, 3.63) is 57.8 Å². The van der Waals surface area contributed by atoms with E-state index in [9.17, 15) is 9.59 Å². The molecule has 1 amide bonds. The summed E-state index contributed by atoms with van der Waals surface area (Å²) in [5.41, 5.74) is 1.98. The lowest BCUT2D eigenvalue weighted by molar-refractivity contribution is -0.136. The molecule has 3 heterocycles. The van der Waals surface area contributed by atoms with E-state index in [0.717, 1.165) is 35.5 Å². The smallest absolute Gasteiger partial charge is 0.347 e. The summed E-state index contributed by atoms with van der Waals surface area (Å²) in [4.78, 5) is 31.2. The third kappa shape index (κ3) is 4.41. The molecular formula is C23H29N3O4. The molecular weight excluding hydrogens is 382 g/mol. The van der Waals surface area contributed by atoms with Gasteiger partial charge in [-0.1, -0.05) is 18.2 Å². The van der Waals surface area contributed by atoms with Crippen LogP contribution in [-0.4, -0.2) is 45.7 Å². The van der Waals surface area contributed by atoms with Crippen LogP contribution in [0, 0.1) is 13.8 Å². The van der Waals surface area contributed by atoms with E-state index in [0.29, 0.717) is 45.7 Å².